The lowest BCUT2D eigenvalue weighted by Gasteiger charge is -2.14. The summed E-state index contributed by atoms with van der Waals surface area (Å²) in [4.78, 5) is 21.0. The number of hydrogen-bond donors (Lipinski definition) is 0. The van der Waals surface area contributed by atoms with E-state index in [0.717, 1.165) is 56.5 Å². The molecule has 0 saturated carbocycles. The molecule has 2 heterocycles. The summed E-state index contributed by atoms with van der Waals surface area (Å²) in [5, 5.41) is 0.846. The van der Waals surface area contributed by atoms with Crippen LogP contribution in [0, 0.1) is 6.92 Å². The molecule has 4 aromatic rings. The second-order valence-corrected chi connectivity index (χ2v) is 9.71. The van der Waals surface area contributed by atoms with Crippen molar-refractivity contribution in [1.29, 1.82) is 0 Å². The van der Waals surface area contributed by atoms with Crippen LogP contribution in [0.5, 0.6) is 0 Å². The van der Waals surface area contributed by atoms with Crippen LogP contribution in [0.4, 0.5) is 0 Å². The normalized spacial score (nSPS) is 13.6. The minimum Gasteiger partial charge on any atom is -0.288 e. The van der Waals surface area contributed by atoms with Crippen molar-refractivity contribution in [2.24, 2.45) is 0 Å². The number of nitrogens with zero attached hydrogens (tertiary/aromatic N) is 2. The van der Waals surface area contributed by atoms with Crippen LogP contribution in [-0.2, 0) is 19.4 Å². The molecule has 0 fully saturated rings. The summed E-state index contributed by atoms with van der Waals surface area (Å²) in [6.45, 7) is 2.59. The molecule has 0 unspecified atom stereocenters. The first-order valence-electron chi connectivity index (χ1n) is 9.97. The largest absolute Gasteiger partial charge is 0.288 e. The van der Waals surface area contributed by atoms with Crippen molar-refractivity contribution < 1.29 is 0 Å². The molecule has 2 aromatic heterocycles. The number of aryl methyl sites for hydroxylation is 3. The zero-order chi connectivity index (χ0) is 20.0. The van der Waals surface area contributed by atoms with Gasteiger partial charge in [-0.1, -0.05) is 51.8 Å². The minimum atomic E-state index is 0.0915. The van der Waals surface area contributed by atoms with Gasteiger partial charge in [0.05, 0.1) is 11.9 Å². The molecule has 5 heteroatoms. The standard InChI is InChI=1S/C24H21BrN2OS/c1-15-5-4-6-17(13-15)22-26-23-21(19-7-2-3-8-20(19)29-23)24(28)27(22)14-16-9-11-18(25)12-10-16/h4-6,9-13H,2-3,7-8,14H2,1H3. The van der Waals surface area contributed by atoms with Gasteiger partial charge in [0, 0.05) is 14.9 Å². The van der Waals surface area contributed by atoms with Crippen molar-refractivity contribution in [3.63, 3.8) is 0 Å². The predicted molar refractivity (Wildman–Crippen MR) is 124 cm³/mol. The molecule has 5 rings (SSSR count). The molecule has 0 amide bonds. The lowest BCUT2D eigenvalue weighted by molar-refractivity contribution is 0.698. The van der Waals surface area contributed by atoms with Gasteiger partial charge in [0.2, 0.25) is 0 Å². The third-order valence-electron chi connectivity index (χ3n) is 5.61. The maximum Gasteiger partial charge on any atom is 0.263 e. The average molecular weight is 465 g/mol. The van der Waals surface area contributed by atoms with Crippen LogP contribution in [0.25, 0.3) is 21.6 Å². The Kier molecular flexibility index (Phi) is 4.88. The Labute approximate surface area is 182 Å². The Morgan fingerprint density at radius 1 is 1.10 bits per heavy atom. The molecule has 1 aliphatic rings. The number of rotatable bonds is 3. The van der Waals surface area contributed by atoms with Crippen molar-refractivity contribution in [2.75, 3.05) is 0 Å². The smallest absolute Gasteiger partial charge is 0.263 e. The highest BCUT2D eigenvalue weighted by molar-refractivity contribution is 9.10. The summed E-state index contributed by atoms with van der Waals surface area (Å²) in [5.41, 5.74) is 4.59. The van der Waals surface area contributed by atoms with Gasteiger partial charge in [-0.3, -0.25) is 9.36 Å². The van der Waals surface area contributed by atoms with Crippen molar-refractivity contribution in [3.8, 4) is 11.4 Å². The van der Waals surface area contributed by atoms with Crippen LogP contribution in [0.1, 0.15) is 34.4 Å². The molecule has 0 spiro atoms. The molecular weight excluding hydrogens is 444 g/mol. The first-order valence-corrected chi connectivity index (χ1v) is 11.6. The number of fused-ring (bicyclic) bond motifs is 3. The van der Waals surface area contributed by atoms with Crippen molar-refractivity contribution >= 4 is 37.5 Å². The Balaban J connectivity index is 1.76. The van der Waals surface area contributed by atoms with Crippen LogP contribution < -0.4 is 5.56 Å². The molecule has 2 aromatic carbocycles. The molecule has 0 N–H and O–H groups in total. The number of halogens is 1. The van der Waals surface area contributed by atoms with Crippen LogP contribution in [0.3, 0.4) is 0 Å². The number of thiophene rings is 1. The van der Waals surface area contributed by atoms with Gasteiger partial charge in [0.25, 0.3) is 5.56 Å². The Bertz CT molecular complexity index is 1270. The molecule has 0 bridgehead atoms. The van der Waals surface area contributed by atoms with Crippen LogP contribution in [0.15, 0.2) is 57.8 Å². The van der Waals surface area contributed by atoms with E-state index >= 15 is 0 Å². The lowest BCUT2D eigenvalue weighted by atomic mass is 9.97. The molecular formula is C24H21BrN2OS. The maximum atomic E-state index is 13.7. The fourth-order valence-electron chi connectivity index (χ4n) is 4.16. The van der Waals surface area contributed by atoms with Crippen LogP contribution in [0.2, 0.25) is 0 Å². The first kappa shape index (κ1) is 18.8. The Hall–Kier alpha value is -2.24. The third kappa shape index (κ3) is 3.47. The topological polar surface area (TPSA) is 34.9 Å². The predicted octanol–water partition coefficient (Wildman–Crippen LogP) is 6.12. The number of aromatic nitrogens is 2. The van der Waals surface area contributed by atoms with Crippen LogP contribution >= 0.6 is 27.3 Å². The molecule has 0 radical (unpaired) electrons. The summed E-state index contributed by atoms with van der Waals surface area (Å²) in [6, 6.07) is 16.4. The van der Waals surface area contributed by atoms with E-state index < -0.39 is 0 Å². The van der Waals surface area contributed by atoms with E-state index in [0.29, 0.717) is 6.54 Å². The minimum absolute atomic E-state index is 0.0915. The molecule has 1 aliphatic carbocycles. The van der Waals surface area contributed by atoms with E-state index in [1.165, 1.54) is 16.9 Å². The molecule has 29 heavy (non-hydrogen) atoms. The van der Waals surface area contributed by atoms with Crippen molar-refractivity contribution in [2.45, 2.75) is 39.2 Å². The highest BCUT2D eigenvalue weighted by Gasteiger charge is 2.22. The van der Waals surface area contributed by atoms with E-state index in [-0.39, 0.29) is 5.56 Å². The number of benzene rings is 2. The second-order valence-electron chi connectivity index (χ2n) is 7.71. The summed E-state index contributed by atoms with van der Waals surface area (Å²) in [5.74, 6) is 0.757. The fraction of sp³-hybridized carbons (Fsp3) is 0.250. The van der Waals surface area contributed by atoms with E-state index in [2.05, 4.69) is 47.1 Å². The zero-order valence-corrected chi connectivity index (χ0v) is 18.6. The summed E-state index contributed by atoms with van der Waals surface area (Å²) in [7, 11) is 0. The van der Waals surface area contributed by atoms with E-state index in [1.54, 1.807) is 11.3 Å². The molecule has 0 saturated heterocycles. The quantitative estimate of drug-likeness (QED) is 0.365. The average Bonchev–Trinajstić information content (AvgIpc) is 3.10. The van der Waals surface area contributed by atoms with Gasteiger partial charge in [-0.2, -0.15) is 0 Å². The van der Waals surface area contributed by atoms with Crippen molar-refractivity contribution in [1.82, 2.24) is 9.55 Å². The Morgan fingerprint density at radius 3 is 2.69 bits per heavy atom. The summed E-state index contributed by atoms with van der Waals surface area (Å²) >= 11 is 5.21. The molecule has 3 nitrogen and oxygen atoms in total. The molecule has 0 atom stereocenters. The maximum absolute atomic E-state index is 13.7. The van der Waals surface area contributed by atoms with E-state index in [9.17, 15) is 4.79 Å². The van der Waals surface area contributed by atoms with Gasteiger partial charge in [-0.05, 0) is 61.9 Å². The lowest BCUT2D eigenvalue weighted by Crippen LogP contribution is -2.24. The summed E-state index contributed by atoms with van der Waals surface area (Å²) < 4.78 is 2.90. The zero-order valence-electron chi connectivity index (χ0n) is 16.2. The highest BCUT2D eigenvalue weighted by Crippen LogP contribution is 2.35. The third-order valence-corrected chi connectivity index (χ3v) is 7.32. The molecule has 0 aliphatic heterocycles. The van der Waals surface area contributed by atoms with E-state index in [4.69, 9.17) is 4.98 Å². The SMILES string of the molecule is Cc1cccc(-c2nc3sc4c(c3c(=O)n2Cc2ccc(Br)cc2)CCCC4)c1. The van der Waals surface area contributed by atoms with Crippen molar-refractivity contribution in [3.05, 3.63) is 84.9 Å². The Morgan fingerprint density at radius 2 is 1.90 bits per heavy atom. The molecule has 146 valence electrons. The highest BCUT2D eigenvalue weighted by atomic mass is 79.9. The van der Waals surface area contributed by atoms with Gasteiger partial charge in [0.15, 0.2) is 0 Å². The summed E-state index contributed by atoms with van der Waals surface area (Å²) in [6.07, 6.45) is 4.43. The van der Waals surface area contributed by atoms with Gasteiger partial charge in [-0.15, -0.1) is 11.3 Å². The fourth-order valence-corrected chi connectivity index (χ4v) is 5.68. The second kappa shape index (κ2) is 7.54. The monoisotopic (exact) mass is 464 g/mol. The number of hydrogen-bond acceptors (Lipinski definition) is 3. The van der Waals surface area contributed by atoms with E-state index in [1.807, 2.05) is 28.8 Å². The van der Waals surface area contributed by atoms with Gasteiger partial charge in [0.1, 0.15) is 10.7 Å². The van der Waals surface area contributed by atoms with Gasteiger partial charge < -0.3 is 0 Å². The van der Waals surface area contributed by atoms with Crippen LogP contribution in [-0.4, -0.2) is 9.55 Å². The van der Waals surface area contributed by atoms with Gasteiger partial charge in [-0.25, -0.2) is 4.98 Å². The first-order chi connectivity index (χ1) is 14.1. The van der Waals surface area contributed by atoms with Gasteiger partial charge >= 0.3 is 0 Å².